The van der Waals surface area contributed by atoms with Crippen LogP contribution < -0.4 is 0 Å². The Morgan fingerprint density at radius 1 is 1.00 bits per heavy atom. The third-order valence-electron chi connectivity index (χ3n) is 0.535. The van der Waals surface area contributed by atoms with E-state index in [0.29, 0.717) is 12.2 Å². The molecule has 56 valence electrons. The summed E-state index contributed by atoms with van der Waals surface area (Å²) >= 11 is 0. The normalized spacial score (nSPS) is 9.40. The molecule has 0 aliphatic carbocycles. The summed E-state index contributed by atoms with van der Waals surface area (Å²) in [5, 5.41) is 15.2. The molecule has 2 N–H and O–H groups in total. The van der Waals surface area contributed by atoms with E-state index >= 15 is 0 Å². The minimum Gasteiger partial charge on any atom is -0.296 e. The number of carbonyl (C=O) groups is 2. The zero-order chi connectivity index (χ0) is 7.98. The zero-order valence-corrected chi connectivity index (χ0v) is 4.68. The Morgan fingerprint density at radius 3 is 1.50 bits per heavy atom. The smallest absolute Gasteiger partial charge is 0.296 e. The summed E-state index contributed by atoms with van der Waals surface area (Å²) < 4.78 is 0. The van der Waals surface area contributed by atoms with E-state index in [-0.39, 0.29) is 0 Å². The highest BCUT2D eigenvalue weighted by Crippen LogP contribution is 1.79. The van der Waals surface area contributed by atoms with Crippen molar-refractivity contribution in [3.05, 3.63) is 12.2 Å². The average molecular weight is 148 g/mol. The Hall–Kier alpha value is -1.40. The van der Waals surface area contributed by atoms with E-state index in [1.807, 2.05) is 0 Å². The minimum atomic E-state index is -1.13. The van der Waals surface area contributed by atoms with Gasteiger partial charge in [-0.05, 0) is 0 Å². The van der Waals surface area contributed by atoms with E-state index in [0.717, 1.165) is 0 Å². The maximum Gasteiger partial charge on any atom is 0.365 e. The monoisotopic (exact) mass is 148 g/mol. The largest absolute Gasteiger partial charge is 0.365 e. The summed E-state index contributed by atoms with van der Waals surface area (Å²) in [6, 6.07) is 0. The van der Waals surface area contributed by atoms with E-state index in [9.17, 15) is 9.59 Å². The molecular weight excluding hydrogens is 144 g/mol. The number of hydrogen-bond acceptors (Lipinski definition) is 6. The van der Waals surface area contributed by atoms with Gasteiger partial charge >= 0.3 is 11.9 Å². The molecule has 6 heteroatoms. The van der Waals surface area contributed by atoms with Crippen molar-refractivity contribution >= 4 is 11.9 Å². The van der Waals surface area contributed by atoms with Crippen molar-refractivity contribution in [3.8, 4) is 0 Å². The lowest BCUT2D eigenvalue weighted by Crippen LogP contribution is -1.99. The summed E-state index contributed by atoms with van der Waals surface area (Å²) in [4.78, 5) is 26.2. The highest BCUT2D eigenvalue weighted by atomic mass is 17.1. The second-order valence-electron chi connectivity index (χ2n) is 1.15. The van der Waals surface area contributed by atoms with Gasteiger partial charge in [-0.2, -0.15) is 10.5 Å². The second kappa shape index (κ2) is 4.48. The zero-order valence-electron chi connectivity index (χ0n) is 4.68. The van der Waals surface area contributed by atoms with Crippen LogP contribution in [0.3, 0.4) is 0 Å². The fraction of sp³-hybridized carbons (Fsp3) is 0. The summed E-state index contributed by atoms with van der Waals surface area (Å²) in [7, 11) is 0. The molecule has 0 rings (SSSR count). The molecular formula is C4H4O6. The highest BCUT2D eigenvalue weighted by Gasteiger charge is 1.97. The molecule has 0 spiro atoms. The third kappa shape index (κ3) is 3.58. The minimum absolute atomic E-state index is 0.582. The first-order chi connectivity index (χ1) is 4.70. The van der Waals surface area contributed by atoms with E-state index in [1.165, 1.54) is 0 Å². The highest BCUT2D eigenvalue weighted by molar-refractivity contribution is 5.91. The van der Waals surface area contributed by atoms with Crippen LogP contribution in [0.2, 0.25) is 0 Å². The Labute approximate surface area is 55.1 Å². The van der Waals surface area contributed by atoms with Crippen LogP contribution in [0, 0.1) is 0 Å². The van der Waals surface area contributed by atoms with Crippen LogP contribution in [-0.2, 0) is 19.4 Å². The second-order valence-corrected chi connectivity index (χ2v) is 1.15. The molecule has 0 saturated carbocycles. The van der Waals surface area contributed by atoms with E-state index in [2.05, 4.69) is 9.78 Å². The van der Waals surface area contributed by atoms with Crippen LogP contribution >= 0.6 is 0 Å². The van der Waals surface area contributed by atoms with Crippen molar-refractivity contribution in [1.82, 2.24) is 0 Å². The number of carbonyl (C=O) groups excluding carboxylic acids is 2. The van der Waals surface area contributed by atoms with Gasteiger partial charge in [-0.1, -0.05) is 0 Å². The van der Waals surface area contributed by atoms with Crippen molar-refractivity contribution in [3.63, 3.8) is 0 Å². The van der Waals surface area contributed by atoms with Crippen molar-refractivity contribution in [2.75, 3.05) is 0 Å². The first-order valence-corrected chi connectivity index (χ1v) is 2.09. The molecule has 0 fully saturated rings. The van der Waals surface area contributed by atoms with Crippen LogP contribution in [0.25, 0.3) is 0 Å². The van der Waals surface area contributed by atoms with Gasteiger partial charge in [0.1, 0.15) is 0 Å². The van der Waals surface area contributed by atoms with Gasteiger partial charge in [-0.3, -0.25) is 9.78 Å². The fourth-order valence-corrected chi connectivity index (χ4v) is 0.197. The predicted molar refractivity (Wildman–Crippen MR) is 26.6 cm³/mol. The molecule has 0 unspecified atom stereocenters. The number of hydrogen-bond donors (Lipinski definition) is 2. The lowest BCUT2D eigenvalue weighted by atomic mass is 10.5. The summed E-state index contributed by atoms with van der Waals surface area (Å²) in [6.07, 6.45) is 1.16. The van der Waals surface area contributed by atoms with Crippen molar-refractivity contribution in [2.45, 2.75) is 0 Å². The van der Waals surface area contributed by atoms with Crippen molar-refractivity contribution < 1.29 is 29.9 Å². The Morgan fingerprint density at radius 2 is 1.30 bits per heavy atom. The van der Waals surface area contributed by atoms with Crippen LogP contribution in [0.5, 0.6) is 0 Å². The van der Waals surface area contributed by atoms with Crippen LogP contribution in [0.1, 0.15) is 0 Å². The standard InChI is InChI=1S/C4H4O6/c5-3(9-7)1-2-4(6)10-8/h1-2,7-8H/b2-1-. The summed E-state index contributed by atoms with van der Waals surface area (Å²) in [5.41, 5.74) is 0. The molecule has 0 bridgehead atoms. The van der Waals surface area contributed by atoms with Gasteiger partial charge in [-0.15, -0.1) is 0 Å². The summed E-state index contributed by atoms with van der Waals surface area (Å²) in [5.74, 6) is -2.27. The molecule has 0 aromatic carbocycles. The molecule has 0 aliphatic heterocycles. The van der Waals surface area contributed by atoms with Gasteiger partial charge in [0.2, 0.25) is 0 Å². The molecule has 0 radical (unpaired) electrons. The Balaban J connectivity index is 3.75. The topological polar surface area (TPSA) is 93.1 Å². The maximum absolute atomic E-state index is 9.98. The van der Waals surface area contributed by atoms with Crippen molar-refractivity contribution in [2.24, 2.45) is 0 Å². The lowest BCUT2D eigenvalue weighted by Gasteiger charge is -1.85. The Kier molecular flexibility index (Phi) is 3.85. The molecule has 0 aliphatic rings. The van der Waals surface area contributed by atoms with Gasteiger partial charge in [-0.25, -0.2) is 9.59 Å². The van der Waals surface area contributed by atoms with Crippen LogP contribution in [0.4, 0.5) is 0 Å². The molecule has 0 saturated heterocycles. The van der Waals surface area contributed by atoms with E-state index in [4.69, 9.17) is 10.5 Å². The molecule has 0 aromatic heterocycles. The van der Waals surface area contributed by atoms with Crippen molar-refractivity contribution in [1.29, 1.82) is 0 Å². The number of rotatable bonds is 2. The molecule has 0 amide bonds. The predicted octanol–water partition coefficient (Wildman–Crippen LogP) is -0.425. The lowest BCUT2D eigenvalue weighted by molar-refractivity contribution is -0.230. The van der Waals surface area contributed by atoms with E-state index in [1.54, 1.807) is 0 Å². The van der Waals surface area contributed by atoms with Gasteiger partial charge in [0.25, 0.3) is 0 Å². The first-order valence-electron chi connectivity index (χ1n) is 2.09. The van der Waals surface area contributed by atoms with E-state index < -0.39 is 11.9 Å². The van der Waals surface area contributed by atoms with Gasteiger partial charge in [0.05, 0.1) is 0 Å². The summed E-state index contributed by atoms with van der Waals surface area (Å²) in [6.45, 7) is 0. The molecule has 0 aromatic rings. The third-order valence-corrected chi connectivity index (χ3v) is 0.535. The molecule has 0 atom stereocenters. The van der Waals surface area contributed by atoms with Gasteiger partial charge in [0, 0.05) is 12.2 Å². The van der Waals surface area contributed by atoms with Crippen LogP contribution in [0.15, 0.2) is 12.2 Å². The molecule has 0 heterocycles. The first kappa shape index (κ1) is 8.60. The van der Waals surface area contributed by atoms with Gasteiger partial charge in [0.15, 0.2) is 0 Å². The SMILES string of the molecule is O=C(/C=C\C(=O)OO)OO. The quantitative estimate of drug-likeness (QED) is 0.313. The average Bonchev–Trinajstić information content (AvgIpc) is 1.99. The van der Waals surface area contributed by atoms with Gasteiger partial charge < -0.3 is 0 Å². The maximum atomic E-state index is 9.98. The molecule has 10 heavy (non-hydrogen) atoms. The fourth-order valence-electron chi connectivity index (χ4n) is 0.197. The van der Waals surface area contributed by atoms with Crippen LogP contribution in [-0.4, -0.2) is 22.5 Å². The molecule has 6 nitrogen and oxygen atoms in total. The Bertz CT molecular complexity index is 141.